The number of phenolic OH excluding ortho intramolecular Hbond substituents is 3. The number of ketones is 1. The van der Waals surface area contributed by atoms with Crippen LogP contribution >= 0.6 is 0 Å². The maximum Gasteiger partial charge on any atom is 0.200 e. The van der Waals surface area contributed by atoms with Crippen LogP contribution in [0.3, 0.4) is 0 Å². The van der Waals surface area contributed by atoms with E-state index in [2.05, 4.69) is 0 Å². The van der Waals surface area contributed by atoms with E-state index in [1.54, 1.807) is 6.92 Å². The molecule has 0 radical (unpaired) electrons. The minimum atomic E-state index is -0.495. The lowest BCUT2D eigenvalue weighted by Crippen LogP contribution is -2.02. The first-order valence-corrected chi connectivity index (χ1v) is 5.35. The Kier molecular flexibility index (Phi) is 2.93. The van der Waals surface area contributed by atoms with Crippen molar-refractivity contribution in [1.29, 1.82) is 0 Å². The number of hydrogen-bond donors (Lipinski definition) is 3. The number of carbonyl (C=O) groups is 1. The van der Waals surface area contributed by atoms with Gasteiger partial charge in [-0.2, -0.15) is 0 Å². The zero-order valence-corrected chi connectivity index (χ0v) is 9.71. The summed E-state index contributed by atoms with van der Waals surface area (Å²) in [6, 6.07) is 8.42. The van der Waals surface area contributed by atoms with E-state index in [1.807, 2.05) is 0 Å². The monoisotopic (exact) mass is 244 g/mol. The van der Waals surface area contributed by atoms with Crippen LogP contribution in [0, 0.1) is 6.92 Å². The van der Waals surface area contributed by atoms with Crippen molar-refractivity contribution in [1.82, 2.24) is 0 Å². The number of phenols is 3. The van der Waals surface area contributed by atoms with Gasteiger partial charge in [-0.25, -0.2) is 0 Å². The molecule has 2 aromatic rings. The fourth-order valence-corrected chi connectivity index (χ4v) is 1.74. The van der Waals surface area contributed by atoms with Crippen LogP contribution in [0.2, 0.25) is 0 Å². The third-order valence-corrected chi connectivity index (χ3v) is 2.60. The summed E-state index contributed by atoms with van der Waals surface area (Å²) in [5.74, 6) is -0.968. The summed E-state index contributed by atoms with van der Waals surface area (Å²) >= 11 is 0. The molecular weight excluding hydrogens is 232 g/mol. The molecule has 0 heterocycles. The van der Waals surface area contributed by atoms with Crippen molar-refractivity contribution < 1.29 is 20.1 Å². The molecule has 0 unspecified atom stereocenters. The minimum absolute atomic E-state index is 0.0453. The van der Waals surface area contributed by atoms with Gasteiger partial charge in [-0.15, -0.1) is 0 Å². The molecule has 4 nitrogen and oxygen atoms in total. The first-order valence-electron chi connectivity index (χ1n) is 5.35. The number of aryl methyl sites for hydroxylation is 1. The van der Waals surface area contributed by atoms with Gasteiger partial charge < -0.3 is 15.3 Å². The molecule has 0 spiro atoms. The molecule has 92 valence electrons. The summed E-state index contributed by atoms with van der Waals surface area (Å²) in [6.45, 7) is 1.70. The molecule has 0 atom stereocenters. The molecule has 0 aliphatic heterocycles. The Labute approximate surface area is 104 Å². The topological polar surface area (TPSA) is 77.8 Å². The highest BCUT2D eigenvalue weighted by molar-refractivity contribution is 6.12. The Hall–Kier alpha value is -2.49. The van der Waals surface area contributed by atoms with Crippen molar-refractivity contribution >= 4 is 5.78 Å². The summed E-state index contributed by atoms with van der Waals surface area (Å²) in [7, 11) is 0. The van der Waals surface area contributed by atoms with E-state index in [0.29, 0.717) is 5.56 Å². The van der Waals surface area contributed by atoms with Crippen LogP contribution in [0.4, 0.5) is 0 Å². The fraction of sp³-hybridized carbons (Fsp3) is 0.0714. The standard InChI is InChI=1S/C14H12O4/c1-8-6-11(16)13(12(17)7-8)14(18)9-2-4-10(15)5-3-9/h2-7,15-17H,1H3. The maximum absolute atomic E-state index is 12.1. The highest BCUT2D eigenvalue weighted by Gasteiger charge is 2.18. The van der Waals surface area contributed by atoms with Crippen LogP contribution in [0.5, 0.6) is 17.2 Å². The molecular formula is C14H12O4. The average Bonchev–Trinajstić information content (AvgIpc) is 2.28. The van der Waals surface area contributed by atoms with Crippen LogP contribution in [-0.2, 0) is 0 Å². The van der Waals surface area contributed by atoms with Crippen molar-refractivity contribution in [3.8, 4) is 17.2 Å². The van der Waals surface area contributed by atoms with Gasteiger partial charge in [-0.05, 0) is 48.9 Å². The van der Waals surface area contributed by atoms with Crippen molar-refractivity contribution in [2.45, 2.75) is 6.92 Å². The normalized spacial score (nSPS) is 10.3. The minimum Gasteiger partial charge on any atom is -0.508 e. The van der Waals surface area contributed by atoms with E-state index >= 15 is 0 Å². The molecule has 0 saturated carbocycles. The molecule has 0 amide bonds. The lowest BCUT2D eigenvalue weighted by Gasteiger charge is -2.07. The average molecular weight is 244 g/mol. The SMILES string of the molecule is Cc1cc(O)c(C(=O)c2ccc(O)cc2)c(O)c1. The van der Waals surface area contributed by atoms with Gasteiger partial charge in [0.05, 0.1) is 0 Å². The molecule has 0 aromatic heterocycles. The summed E-state index contributed by atoms with van der Waals surface area (Å²) in [6.07, 6.45) is 0. The van der Waals surface area contributed by atoms with Crippen LogP contribution < -0.4 is 0 Å². The number of carbonyl (C=O) groups excluding carboxylic acids is 1. The number of hydrogen-bond acceptors (Lipinski definition) is 4. The van der Waals surface area contributed by atoms with Crippen molar-refractivity contribution in [2.24, 2.45) is 0 Å². The van der Waals surface area contributed by atoms with Crippen LogP contribution in [-0.4, -0.2) is 21.1 Å². The van der Waals surface area contributed by atoms with Crippen LogP contribution in [0.15, 0.2) is 36.4 Å². The van der Waals surface area contributed by atoms with Gasteiger partial charge in [0.1, 0.15) is 22.8 Å². The van der Waals surface area contributed by atoms with Gasteiger partial charge >= 0.3 is 0 Å². The van der Waals surface area contributed by atoms with Crippen LogP contribution in [0.25, 0.3) is 0 Å². The molecule has 2 rings (SSSR count). The van der Waals surface area contributed by atoms with E-state index in [0.717, 1.165) is 0 Å². The van der Waals surface area contributed by atoms with Crippen LogP contribution in [0.1, 0.15) is 21.5 Å². The Balaban J connectivity index is 2.49. The number of rotatable bonds is 2. The second kappa shape index (κ2) is 4.41. The van der Waals surface area contributed by atoms with Crippen molar-refractivity contribution in [3.63, 3.8) is 0 Å². The first-order chi connectivity index (χ1) is 8.49. The Bertz CT molecular complexity index is 577. The van der Waals surface area contributed by atoms with Gasteiger partial charge in [0.25, 0.3) is 0 Å². The Morgan fingerprint density at radius 3 is 1.94 bits per heavy atom. The molecule has 0 saturated heterocycles. The quantitative estimate of drug-likeness (QED) is 0.708. The molecule has 0 aliphatic carbocycles. The lowest BCUT2D eigenvalue weighted by molar-refractivity contribution is 0.103. The first kappa shape index (κ1) is 12.0. The Morgan fingerprint density at radius 1 is 0.944 bits per heavy atom. The summed E-state index contributed by atoms with van der Waals surface area (Å²) in [5, 5.41) is 28.6. The molecule has 3 N–H and O–H groups in total. The highest BCUT2D eigenvalue weighted by atomic mass is 16.3. The molecule has 18 heavy (non-hydrogen) atoms. The molecule has 2 aromatic carbocycles. The fourth-order valence-electron chi connectivity index (χ4n) is 1.74. The number of aromatic hydroxyl groups is 3. The van der Waals surface area contributed by atoms with Gasteiger partial charge in [-0.3, -0.25) is 4.79 Å². The van der Waals surface area contributed by atoms with Crippen molar-refractivity contribution in [3.05, 3.63) is 53.1 Å². The third kappa shape index (κ3) is 2.13. The van der Waals surface area contributed by atoms with Gasteiger partial charge in [0, 0.05) is 5.56 Å². The molecule has 0 aliphatic rings. The summed E-state index contributed by atoms with van der Waals surface area (Å²) < 4.78 is 0. The van der Waals surface area contributed by atoms with Gasteiger partial charge in [0.15, 0.2) is 0 Å². The predicted molar refractivity (Wildman–Crippen MR) is 66.0 cm³/mol. The van der Waals surface area contributed by atoms with E-state index in [4.69, 9.17) is 5.11 Å². The summed E-state index contributed by atoms with van der Waals surface area (Å²) in [5.41, 5.74) is 0.806. The predicted octanol–water partition coefficient (Wildman–Crippen LogP) is 2.34. The van der Waals surface area contributed by atoms with E-state index in [1.165, 1.54) is 36.4 Å². The van der Waals surface area contributed by atoms with E-state index in [-0.39, 0.29) is 28.4 Å². The van der Waals surface area contributed by atoms with Gasteiger partial charge in [-0.1, -0.05) is 0 Å². The van der Waals surface area contributed by atoms with E-state index in [9.17, 15) is 15.0 Å². The zero-order chi connectivity index (χ0) is 13.3. The molecule has 4 heteroatoms. The van der Waals surface area contributed by atoms with Gasteiger partial charge in [0.2, 0.25) is 5.78 Å². The lowest BCUT2D eigenvalue weighted by atomic mass is 10.00. The maximum atomic E-state index is 12.1. The molecule has 0 fully saturated rings. The highest BCUT2D eigenvalue weighted by Crippen LogP contribution is 2.31. The smallest absolute Gasteiger partial charge is 0.200 e. The second-order valence-electron chi connectivity index (χ2n) is 4.05. The third-order valence-electron chi connectivity index (χ3n) is 2.60. The number of benzene rings is 2. The largest absolute Gasteiger partial charge is 0.508 e. The molecule has 0 bridgehead atoms. The Morgan fingerprint density at radius 2 is 1.44 bits per heavy atom. The second-order valence-corrected chi connectivity index (χ2v) is 4.05. The van der Waals surface area contributed by atoms with E-state index < -0.39 is 5.78 Å². The van der Waals surface area contributed by atoms with Crippen molar-refractivity contribution in [2.75, 3.05) is 0 Å². The summed E-state index contributed by atoms with van der Waals surface area (Å²) in [4.78, 5) is 12.1. The zero-order valence-electron chi connectivity index (χ0n) is 9.71.